The highest BCUT2D eigenvalue weighted by Gasteiger charge is 2.36. The quantitative estimate of drug-likeness (QED) is 0.823. The fourth-order valence-corrected chi connectivity index (χ4v) is 2.40. The molecular formula is C15H23NO3. The minimum atomic E-state index is -0.789. The first kappa shape index (κ1) is 14.1. The Morgan fingerprint density at radius 2 is 2.26 bits per heavy atom. The number of nitrogens with zero attached hydrogens (tertiary/aromatic N) is 1. The summed E-state index contributed by atoms with van der Waals surface area (Å²) in [7, 11) is 0. The molecule has 1 heterocycles. The van der Waals surface area contributed by atoms with Gasteiger partial charge in [-0.25, -0.2) is 0 Å². The van der Waals surface area contributed by atoms with Crippen molar-refractivity contribution in [3.8, 4) is 0 Å². The smallest absolute Gasteiger partial charge is 0.317 e. The second-order valence-electron chi connectivity index (χ2n) is 5.68. The number of rotatable bonds is 7. The summed E-state index contributed by atoms with van der Waals surface area (Å²) in [6.45, 7) is 6.98. The van der Waals surface area contributed by atoms with Gasteiger partial charge in [-0.05, 0) is 37.8 Å². The summed E-state index contributed by atoms with van der Waals surface area (Å²) in [5, 5.41) is 8.97. The highest BCUT2D eigenvalue weighted by atomic mass is 16.4. The van der Waals surface area contributed by atoms with Gasteiger partial charge in [-0.3, -0.25) is 9.69 Å². The fraction of sp³-hybridized carbons (Fsp3) is 0.667. The van der Waals surface area contributed by atoms with Crippen LogP contribution in [0.5, 0.6) is 0 Å². The van der Waals surface area contributed by atoms with E-state index in [0.717, 1.165) is 23.9 Å². The van der Waals surface area contributed by atoms with Gasteiger partial charge in [0, 0.05) is 12.0 Å². The van der Waals surface area contributed by atoms with Crippen LogP contribution in [-0.2, 0) is 11.3 Å². The second kappa shape index (κ2) is 5.78. The van der Waals surface area contributed by atoms with Crippen LogP contribution >= 0.6 is 0 Å². The van der Waals surface area contributed by atoms with Crippen LogP contribution in [0.25, 0.3) is 0 Å². The minimum Gasteiger partial charge on any atom is -0.480 e. The van der Waals surface area contributed by atoms with E-state index in [1.807, 2.05) is 17.0 Å². The number of carboxylic acids is 1. The normalized spacial score (nSPS) is 23.6. The Morgan fingerprint density at radius 1 is 1.58 bits per heavy atom. The van der Waals surface area contributed by atoms with Gasteiger partial charge < -0.3 is 9.52 Å². The zero-order valence-corrected chi connectivity index (χ0v) is 11.9. The lowest BCUT2D eigenvalue weighted by atomic mass is 10.2. The predicted molar refractivity (Wildman–Crippen MR) is 73.0 cm³/mol. The Balaban J connectivity index is 1.99. The highest BCUT2D eigenvalue weighted by Crippen LogP contribution is 2.47. The molecule has 1 N–H and O–H groups in total. The first-order valence-corrected chi connectivity index (χ1v) is 7.05. The van der Waals surface area contributed by atoms with Crippen molar-refractivity contribution in [1.29, 1.82) is 0 Å². The van der Waals surface area contributed by atoms with Crippen LogP contribution in [0.3, 0.4) is 0 Å². The molecule has 106 valence electrons. The Labute approximate surface area is 114 Å². The average Bonchev–Trinajstić information content (AvgIpc) is 2.90. The van der Waals surface area contributed by atoms with E-state index < -0.39 is 5.97 Å². The van der Waals surface area contributed by atoms with Crippen LogP contribution < -0.4 is 0 Å². The number of hydrogen-bond donors (Lipinski definition) is 1. The SMILES string of the molecule is CCC(C)N(CC(=O)O)Cc1ccc(C2CC2C)o1. The summed E-state index contributed by atoms with van der Waals surface area (Å²) in [6.07, 6.45) is 2.14. The molecule has 4 heteroatoms. The summed E-state index contributed by atoms with van der Waals surface area (Å²) in [6, 6.07) is 4.26. The third kappa shape index (κ3) is 3.60. The van der Waals surface area contributed by atoms with Gasteiger partial charge in [-0.1, -0.05) is 13.8 Å². The summed E-state index contributed by atoms with van der Waals surface area (Å²) in [5.41, 5.74) is 0. The molecule has 0 spiro atoms. The van der Waals surface area contributed by atoms with Gasteiger partial charge >= 0.3 is 5.97 Å². The highest BCUT2D eigenvalue weighted by molar-refractivity contribution is 5.69. The lowest BCUT2D eigenvalue weighted by Gasteiger charge is -2.25. The largest absolute Gasteiger partial charge is 0.480 e. The van der Waals surface area contributed by atoms with Crippen molar-refractivity contribution in [2.24, 2.45) is 5.92 Å². The molecule has 3 unspecified atom stereocenters. The van der Waals surface area contributed by atoms with Crippen LogP contribution in [0.2, 0.25) is 0 Å². The van der Waals surface area contributed by atoms with Gasteiger partial charge in [-0.2, -0.15) is 0 Å². The van der Waals surface area contributed by atoms with E-state index in [1.54, 1.807) is 0 Å². The molecule has 1 fully saturated rings. The van der Waals surface area contributed by atoms with E-state index >= 15 is 0 Å². The lowest BCUT2D eigenvalue weighted by molar-refractivity contribution is -0.139. The second-order valence-corrected chi connectivity index (χ2v) is 5.68. The minimum absolute atomic E-state index is 0.0604. The van der Waals surface area contributed by atoms with Gasteiger partial charge in [-0.15, -0.1) is 0 Å². The summed E-state index contributed by atoms with van der Waals surface area (Å²) >= 11 is 0. The van der Waals surface area contributed by atoms with Gasteiger partial charge in [0.05, 0.1) is 13.1 Å². The molecule has 0 aromatic carbocycles. The molecule has 1 aromatic rings. The van der Waals surface area contributed by atoms with Crippen LogP contribution in [0.1, 0.15) is 51.1 Å². The maximum Gasteiger partial charge on any atom is 0.317 e. The van der Waals surface area contributed by atoms with E-state index in [-0.39, 0.29) is 12.6 Å². The number of carboxylic acid groups (broad SMARTS) is 1. The predicted octanol–water partition coefficient (Wildman–Crippen LogP) is 3.09. The molecule has 0 bridgehead atoms. The zero-order chi connectivity index (χ0) is 14.0. The van der Waals surface area contributed by atoms with Crippen molar-refractivity contribution in [3.63, 3.8) is 0 Å². The monoisotopic (exact) mass is 265 g/mol. The Hall–Kier alpha value is -1.29. The third-order valence-electron chi connectivity index (χ3n) is 4.07. The molecular weight excluding hydrogens is 242 g/mol. The van der Waals surface area contributed by atoms with E-state index in [0.29, 0.717) is 12.5 Å². The molecule has 0 aliphatic heterocycles. The Bertz CT molecular complexity index is 440. The van der Waals surface area contributed by atoms with Gasteiger partial charge in [0.25, 0.3) is 0 Å². The number of aliphatic carboxylic acids is 1. The molecule has 0 amide bonds. The van der Waals surface area contributed by atoms with Crippen LogP contribution in [0.15, 0.2) is 16.5 Å². The number of furan rings is 1. The Morgan fingerprint density at radius 3 is 2.79 bits per heavy atom. The first-order chi connectivity index (χ1) is 9.01. The van der Waals surface area contributed by atoms with E-state index in [2.05, 4.69) is 20.8 Å². The van der Waals surface area contributed by atoms with Gasteiger partial charge in [0.1, 0.15) is 11.5 Å². The molecule has 0 saturated heterocycles. The fourth-order valence-electron chi connectivity index (χ4n) is 2.40. The summed E-state index contributed by atoms with van der Waals surface area (Å²) < 4.78 is 5.85. The topological polar surface area (TPSA) is 53.7 Å². The molecule has 19 heavy (non-hydrogen) atoms. The standard InChI is InChI=1S/C15H23NO3/c1-4-11(3)16(9-15(17)18)8-12-5-6-14(19-12)13-7-10(13)2/h5-6,10-11,13H,4,7-9H2,1-3H3,(H,17,18). The number of carbonyl (C=O) groups is 1. The first-order valence-electron chi connectivity index (χ1n) is 7.05. The lowest BCUT2D eigenvalue weighted by Crippen LogP contribution is -2.36. The average molecular weight is 265 g/mol. The van der Waals surface area contributed by atoms with Gasteiger partial charge in [0.2, 0.25) is 0 Å². The third-order valence-corrected chi connectivity index (χ3v) is 4.07. The zero-order valence-electron chi connectivity index (χ0n) is 11.9. The molecule has 1 aliphatic rings. The molecule has 1 saturated carbocycles. The van der Waals surface area contributed by atoms with E-state index in [9.17, 15) is 4.79 Å². The van der Waals surface area contributed by atoms with E-state index in [4.69, 9.17) is 9.52 Å². The maximum absolute atomic E-state index is 10.9. The summed E-state index contributed by atoms with van der Waals surface area (Å²) in [4.78, 5) is 12.9. The van der Waals surface area contributed by atoms with Crippen molar-refractivity contribution < 1.29 is 14.3 Å². The molecule has 0 radical (unpaired) electrons. The molecule has 4 nitrogen and oxygen atoms in total. The van der Waals surface area contributed by atoms with E-state index in [1.165, 1.54) is 6.42 Å². The Kier molecular flexibility index (Phi) is 4.30. The molecule has 1 aromatic heterocycles. The van der Waals surface area contributed by atoms with Crippen molar-refractivity contribution in [2.45, 2.75) is 52.1 Å². The van der Waals surface area contributed by atoms with Crippen LogP contribution in [0, 0.1) is 5.92 Å². The van der Waals surface area contributed by atoms with Crippen LogP contribution in [-0.4, -0.2) is 28.6 Å². The van der Waals surface area contributed by atoms with Crippen molar-refractivity contribution in [3.05, 3.63) is 23.7 Å². The summed E-state index contributed by atoms with van der Waals surface area (Å²) in [5.74, 6) is 2.44. The molecule has 2 rings (SSSR count). The van der Waals surface area contributed by atoms with Crippen molar-refractivity contribution in [1.82, 2.24) is 4.90 Å². The van der Waals surface area contributed by atoms with Crippen LogP contribution in [0.4, 0.5) is 0 Å². The molecule has 1 aliphatic carbocycles. The van der Waals surface area contributed by atoms with Gasteiger partial charge in [0.15, 0.2) is 0 Å². The number of hydrogen-bond acceptors (Lipinski definition) is 3. The van der Waals surface area contributed by atoms with Crippen molar-refractivity contribution in [2.75, 3.05) is 6.54 Å². The van der Waals surface area contributed by atoms with Crippen molar-refractivity contribution >= 4 is 5.97 Å². The molecule has 3 atom stereocenters. The maximum atomic E-state index is 10.9.